The first-order chi connectivity index (χ1) is 15.3. The molecule has 2 rings (SSSR count). The number of aromatic hydroxyl groups is 1. The molecule has 0 unspecified atom stereocenters. The molecule has 172 valence electrons. The van der Waals surface area contributed by atoms with E-state index >= 15 is 0 Å². The number of phenolic OH excluding ortho intramolecular Hbond substituents is 1. The Morgan fingerprint density at radius 3 is 2.50 bits per heavy atom. The van der Waals surface area contributed by atoms with Crippen LogP contribution in [0.3, 0.4) is 0 Å². The Hall–Kier alpha value is -3.04. The van der Waals surface area contributed by atoms with Gasteiger partial charge in [0, 0.05) is 22.8 Å². The van der Waals surface area contributed by atoms with E-state index in [0.29, 0.717) is 30.7 Å². The van der Waals surface area contributed by atoms with Gasteiger partial charge in [-0.3, -0.25) is 5.32 Å². The first-order valence-corrected chi connectivity index (χ1v) is 10.7. The Bertz CT molecular complexity index is 930. The molecule has 0 saturated carbocycles. The fourth-order valence-corrected chi connectivity index (χ4v) is 3.28. The number of methoxy groups -OCH3 is 1. The van der Waals surface area contributed by atoms with Crippen molar-refractivity contribution in [1.29, 1.82) is 0 Å². The third-order valence-corrected chi connectivity index (χ3v) is 4.98. The number of hydrogen-bond donors (Lipinski definition) is 3. The molecule has 2 aromatic carbocycles. The predicted octanol–water partition coefficient (Wildman–Crippen LogP) is 5.28. The quantitative estimate of drug-likeness (QED) is 0.354. The SMILES string of the molecule is CCO[C@H](CC/C=C/C(=O)O)[C@H](OC(=O)Nc1ccc(Br)cc1)c1ccc(OC)c(O)c1. The maximum atomic E-state index is 12.6. The molecule has 0 fully saturated rings. The van der Waals surface area contributed by atoms with Gasteiger partial charge in [-0.2, -0.15) is 0 Å². The molecule has 0 aliphatic carbocycles. The summed E-state index contributed by atoms with van der Waals surface area (Å²) < 4.78 is 17.5. The maximum absolute atomic E-state index is 12.6. The Morgan fingerprint density at radius 2 is 1.91 bits per heavy atom. The van der Waals surface area contributed by atoms with Crippen molar-refractivity contribution in [3.63, 3.8) is 0 Å². The van der Waals surface area contributed by atoms with Crippen LogP contribution in [0, 0.1) is 0 Å². The molecule has 0 heterocycles. The van der Waals surface area contributed by atoms with Gasteiger partial charge in [0.05, 0.1) is 13.2 Å². The zero-order chi connectivity index (χ0) is 23.5. The lowest BCUT2D eigenvalue weighted by Gasteiger charge is -2.27. The van der Waals surface area contributed by atoms with Crippen molar-refractivity contribution in [3.8, 4) is 11.5 Å². The molecule has 2 atom stereocenters. The molecule has 3 N–H and O–H groups in total. The first kappa shape index (κ1) is 25.2. The lowest BCUT2D eigenvalue weighted by Crippen LogP contribution is -2.29. The number of nitrogens with one attached hydrogen (secondary N) is 1. The molecule has 0 bridgehead atoms. The number of phenols is 1. The fourth-order valence-electron chi connectivity index (χ4n) is 3.02. The molecule has 2 aromatic rings. The van der Waals surface area contributed by atoms with Gasteiger partial charge in [-0.1, -0.05) is 28.1 Å². The lowest BCUT2D eigenvalue weighted by atomic mass is 9.99. The van der Waals surface area contributed by atoms with Gasteiger partial charge >= 0.3 is 12.1 Å². The van der Waals surface area contributed by atoms with Crippen molar-refractivity contribution in [2.45, 2.75) is 32.0 Å². The Kier molecular flexibility index (Phi) is 10.0. The summed E-state index contributed by atoms with van der Waals surface area (Å²) in [7, 11) is 1.44. The van der Waals surface area contributed by atoms with Crippen LogP contribution in [0.2, 0.25) is 0 Å². The van der Waals surface area contributed by atoms with Crippen molar-refractivity contribution in [1.82, 2.24) is 0 Å². The highest BCUT2D eigenvalue weighted by Crippen LogP contribution is 2.34. The minimum atomic E-state index is -1.04. The average Bonchev–Trinajstić information content (AvgIpc) is 2.76. The third kappa shape index (κ3) is 7.90. The van der Waals surface area contributed by atoms with Gasteiger partial charge in [0.25, 0.3) is 0 Å². The van der Waals surface area contributed by atoms with E-state index in [-0.39, 0.29) is 11.5 Å². The fraction of sp³-hybridized carbons (Fsp3) is 0.304. The summed E-state index contributed by atoms with van der Waals surface area (Å²) in [6, 6.07) is 11.7. The van der Waals surface area contributed by atoms with Gasteiger partial charge in [0.2, 0.25) is 0 Å². The number of benzene rings is 2. The summed E-state index contributed by atoms with van der Waals surface area (Å²) in [6.45, 7) is 2.16. The molecule has 32 heavy (non-hydrogen) atoms. The van der Waals surface area contributed by atoms with Crippen LogP contribution in [0.15, 0.2) is 59.1 Å². The smallest absolute Gasteiger partial charge is 0.412 e. The molecular formula is C23H26BrNO7. The molecule has 0 spiro atoms. The average molecular weight is 508 g/mol. The molecule has 0 aliphatic heterocycles. The summed E-state index contributed by atoms with van der Waals surface area (Å²) in [5.74, 6) is -0.864. The second-order valence-corrected chi connectivity index (χ2v) is 7.62. The summed E-state index contributed by atoms with van der Waals surface area (Å²) >= 11 is 3.34. The number of carbonyl (C=O) groups excluding carboxylic acids is 1. The number of carboxylic acids is 1. The molecule has 8 nitrogen and oxygen atoms in total. The number of carboxylic acid groups (broad SMARTS) is 1. The Labute approximate surface area is 194 Å². The van der Waals surface area contributed by atoms with Gasteiger partial charge in [-0.05, 0) is 61.7 Å². The molecule has 1 amide bonds. The number of halogens is 1. The van der Waals surface area contributed by atoms with Crippen LogP contribution in [0.1, 0.15) is 31.4 Å². The molecule has 0 aromatic heterocycles. The van der Waals surface area contributed by atoms with E-state index in [1.165, 1.54) is 19.3 Å². The van der Waals surface area contributed by atoms with E-state index in [1.54, 1.807) is 36.4 Å². The van der Waals surface area contributed by atoms with Gasteiger partial charge in [-0.15, -0.1) is 0 Å². The van der Waals surface area contributed by atoms with Crippen molar-refractivity contribution >= 4 is 33.7 Å². The summed E-state index contributed by atoms with van der Waals surface area (Å²) in [5.41, 5.74) is 1.06. The molecule has 0 saturated heterocycles. The zero-order valence-electron chi connectivity index (χ0n) is 17.8. The van der Waals surface area contributed by atoms with Gasteiger partial charge in [0.1, 0.15) is 0 Å². The summed E-state index contributed by atoms with van der Waals surface area (Å²) in [6.07, 6.45) is 1.21. The minimum absolute atomic E-state index is 0.104. The highest BCUT2D eigenvalue weighted by atomic mass is 79.9. The van der Waals surface area contributed by atoms with Crippen LogP contribution < -0.4 is 10.1 Å². The number of allylic oxidation sites excluding steroid dienone is 1. The lowest BCUT2D eigenvalue weighted by molar-refractivity contribution is -0.131. The van der Waals surface area contributed by atoms with E-state index in [2.05, 4.69) is 21.2 Å². The van der Waals surface area contributed by atoms with Gasteiger partial charge < -0.3 is 24.4 Å². The summed E-state index contributed by atoms with van der Waals surface area (Å²) in [5, 5.41) is 21.7. The number of anilines is 1. The van der Waals surface area contributed by atoms with Crippen molar-refractivity contribution < 1.29 is 34.0 Å². The number of rotatable bonds is 11. The number of ether oxygens (including phenoxy) is 3. The van der Waals surface area contributed by atoms with E-state index in [4.69, 9.17) is 19.3 Å². The number of amides is 1. The molecule has 0 aliphatic rings. The molecular weight excluding hydrogens is 482 g/mol. The van der Waals surface area contributed by atoms with Crippen LogP contribution in [0.25, 0.3) is 0 Å². The van der Waals surface area contributed by atoms with Crippen molar-refractivity contribution in [2.24, 2.45) is 0 Å². The normalized spacial score (nSPS) is 12.8. The minimum Gasteiger partial charge on any atom is -0.504 e. The molecule has 9 heteroatoms. The van der Waals surface area contributed by atoms with Crippen LogP contribution >= 0.6 is 15.9 Å². The third-order valence-electron chi connectivity index (χ3n) is 4.45. The van der Waals surface area contributed by atoms with Crippen molar-refractivity contribution in [2.75, 3.05) is 19.0 Å². The van der Waals surface area contributed by atoms with Crippen molar-refractivity contribution in [3.05, 3.63) is 64.7 Å². The number of aliphatic carboxylic acids is 1. The van der Waals surface area contributed by atoms with E-state index < -0.39 is 24.3 Å². The van der Waals surface area contributed by atoms with E-state index in [9.17, 15) is 14.7 Å². The van der Waals surface area contributed by atoms with E-state index in [1.807, 2.05) is 6.92 Å². The zero-order valence-corrected chi connectivity index (χ0v) is 19.4. The second kappa shape index (κ2) is 12.7. The van der Waals surface area contributed by atoms with Crippen LogP contribution in [0.4, 0.5) is 10.5 Å². The number of hydrogen-bond acceptors (Lipinski definition) is 6. The highest BCUT2D eigenvalue weighted by Gasteiger charge is 2.28. The first-order valence-electron chi connectivity index (χ1n) is 9.95. The second-order valence-electron chi connectivity index (χ2n) is 6.70. The monoisotopic (exact) mass is 507 g/mol. The summed E-state index contributed by atoms with van der Waals surface area (Å²) in [4.78, 5) is 23.4. The molecule has 0 radical (unpaired) electrons. The largest absolute Gasteiger partial charge is 0.504 e. The van der Waals surface area contributed by atoms with Crippen LogP contribution in [-0.2, 0) is 14.3 Å². The van der Waals surface area contributed by atoms with Gasteiger partial charge in [0.15, 0.2) is 17.6 Å². The van der Waals surface area contributed by atoms with Gasteiger partial charge in [-0.25, -0.2) is 9.59 Å². The van der Waals surface area contributed by atoms with E-state index in [0.717, 1.165) is 10.5 Å². The predicted molar refractivity (Wildman–Crippen MR) is 123 cm³/mol. The Morgan fingerprint density at radius 1 is 1.19 bits per heavy atom. The maximum Gasteiger partial charge on any atom is 0.412 e. The highest BCUT2D eigenvalue weighted by molar-refractivity contribution is 9.10. The Balaban J connectivity index is 2.26. The standard InChI is InChI=1S/C23H26BrNO7/c1-3-31-20(6-4-5-7-21(27)28)22(15-8-13-19(30-2)18(26)14-15)32-23(29)25-17-11-9-16(24)10-12-17/h5,7-14,20,22,26H,3-4,6H2,1-2H3,(H,25,29)(H,27,28)/b7-5+/t20-,22-/m1/s1. The van der Waals surface area contributed by atoms with Crippen LogP contribution in [-0.4, -0.2) is 42.1 Å². The number of carbonyl (C=O) groups is 2. The van der Waals surface area contributed by atoms with Crippen LogP contribution in [0.5, 0.6) is 11.5 Å². The topological polar surface area (TPSA) is 114 Å².